The highest BCUT2D eigenvalue weighted by Gasteiger charge is 2.23. The molecule has 1 fully saturated rings. The van der Waals surface area contributed by atoms with Gasteiger partial charge in [-0.1, -0.05) is 6.08 Å². The zero-order chi connectivity index (χ0) is 23.7. The fourth-order valence-electron chi connectivity index (χ4n) is 3.56. The van der Waals surface area contributed by atoms with Gasteiger partial charge in [0.1, 0.15) is 17.5 Å². The molecule has 9 heteroatoms. The molecule has 3 aromatic rings. The standard InChI is InChI=1S/C25H22F2N6S/c1-33-14-17(13-30-33)15-2-7-23(29-12-15)21(11-28)16-8-24(20-6-3-18(26)10-22(20)27)31-25(9-16)32-34-19-4-5-19/h2-3,6-14,19,28-29H,4-5H2,1H3,(H,31,32)/b23-21+,28-11?. The van der Waals surface area contributed by atoms with E-state index in [9.17, 15) is 8.78 Å². The molecule has 0 spiro atoms. The van der Waals surface area contributed by atoms with Crippen LogP contribution in [0, 0.1) is 17.0 Å². The predicted octanol–water partition coefficient (Wildman–Crippen LogP) is 5.54. The molecular formula is C25H22F2N6S. The molecule has 0 saturated heterocycles. The number of hydrogen-bond acceptors (Lipinski definition) is 6. The van der Waals surface area contributed by atoms with Crippen molar-refractivity contribution < 1.29 is 8.78 Å². The van der Waals surface area contributed by atoms with Gasteiger partial charge in [0, 0.05) is 64.9 Å². The highest BCUT2D eigenvalue weighted by atomic mass is 32.2. The number of benzene rings is 1. The van der Waals surface area contributed by atoms with Gasteiger partial charge in [-0.15, -0.1) is 0 Å². The third-order valence-corrected chi connectivity index (χ3v) is 6.62. The van der Waals surface area contributed by atoms with E-state index in [2.05, 4.69) is 20.1 Å². The van der Waals surface area contributed by atoms with Gasteiger partial charge in [0.2, 0.25) is 0 Å². The van der Waals surface area contributed by atoms with Gasteiger partial charge >= 0.3 is 0 Å². The third-order valence-electron chi connectivity index (χ3n) is 5.48. The quantitative estimate of drug-likeness (QED) is 0.308. The Morgan fingerprint density at radius 1 is 1.24 bits per heavy atom. The summed E-state index contributed by atoms with van der Waals surface area (Å²) in [5.74, 6) is -0.774. The van der Waals surface area contributed by atoms with Crippen molar-refractivity contribution in [1.29, 1.82) is 5.41 Å². The first kappa shape index (κ1) is 22.1. The Bertz CT molecular complexity index is 1350. The molecule has 3 heterocycles. The number of allylic oxidation sites excluding steroid dienone is 4. The van der Waals surface area contributed by atoms with Gasteiger partial charge in [0.15, 0.2) is 0 Å². The van der Waals surface area contributed by atoms with Crippen molar-refractivity contribution in [1.82, 2.24) is 20.1 Å². The van der Waals surface area contributed by atoms with Crippen LogP contribution in [0.4, 0.5) is 14.6 Å². The van der Waals surface area contributed by atoms with Gasteiger partial charge in [-0.2, -0.15) is 5.10 Å². The molecule has 1 saturated carbocycles. The average Bonchev–Trinajstić information content (AvgIpc) is 3.57. The minimum Gasteiger partial charge on any atom is -0.361 e. The molecule has 1 aliphatic carbocycles. The normalized spacial score (nSPS) is 16.6. The van der Waals surface area contributed by atoms with Crippen molar-refractivity contribution in [2.24, 2.45) is 7.05 Å². The minimum absolute atomic E-state index is 0.197. The van der Waals surface area contributed by atoms with E-state index in [-0.39, 0.29) is 5.56 Å². The number of pyridine rings is 1. The van der Waals surface area contributed by atoms with E-state index < -0.39 is 11.6 Å². The van der Waals surface area contributed by atoms with Crippen molar-refractivity contribution in [3.8, 4) is 11.3 Å². The van der Waals surface area contributed by atoms with Gasteiger partial charge in [0.25, 0.3) is 0 Å². The first-order valence-corrected chi connectivity index (χ1v) is 11.7. The Balaban J connectivity index is 1.52. The Morgan fingerprint density at radius 2 is 2.09 bits per heavy atom. The van der Waals surface area contributed by atoms with Crippen molar-refractivity contribution >= 4 is 35.1 Å². The Hall–Kier alpha value is -3.72. The van der Waals surface area contributed by atoms with E-state index in [1.165, 1.54) is 18.3 Å². The minimum atomic E-state index is -0.686. The van der Waals surface area contributed by atoms with E-state index in [1.807, 2.05) is 37.7 Å². The summed E-state index contributed by atoms with van der Waals surface area (Å²) in [4.78, 5) is 4.56. The highest BCUT2D eigenvalue weighted by molar-refractivity contribution is 8.01. The second kappa shape index (κ2) is 9.26. The highest BCUT2D eigenvalue weighted by Crippen LogP contribution is 2.35. The molecule has 34 heavy (non-hydrogen) atoms. The van der Waals surface area contributed by atoms with Gasteiger partial charge in [-0.3, -0.25) is 4.68 Å². The number of nitrogens with one attached hydrogen (secondary N) is 3. The number of aryl methyl sites for hydroxylation is 1. The monoisotopic (exact) mass is 476 g/mol. The van der Waals surface area contributed by atoms with E-state index in [4.69, 9.17) is 5.41 Å². The van der Waals surface area contributed by atoms with E-state index in [0.29, 0.717) is 27.9 Å². The topological polar surface area (TPSA) is 78.6 Å². The van der Waals surface area contributed by atoms with Crippen LogP contribution in [0.5, 0.6) is 0 Å². The molecule has 0 amide bonds. The number of nitrogens with zero attached hydrogens (tertiary/aromatic N) is 3. The van der Waals surface area contributed by atoms with Crippen LogP contribution in [0.3, 0.4) is 0 Å². The summed E-state index contributed by atoms with van der Waals surface area (Å²) in [6.45, 7) is 0. The second-order valence-corrected chi connectivity index (χ2v) is 9.23. The summed E-state index contributed by atoms with van der Waals surface area (Å²) in [7, 11) is 1.86. The maximum Gasteiger partial charge on any atom is 0.137 e. The first-order valence-electron chi connectivity index (χ1n) is 10.8. The fourth-order valence-corrected chi connectivity index (χ4v) is 4.33. The molecule has 1 aliphatic heterocycles. The summed E-state index contributed by atoms with van der Waals surface area (Å²) in [6, 6.07) is 7.00. The number of halogens is 2. The summed E-state index contributed by atoms with van der Waals surface area (Å²) in [5.41, 5.74) is 4.52. The summed E-state index contributed by atoms with van der Waals surface area (Å²) in [5, 5.41) is 16.1. The van der Waals surface area contributed by atoms with Crippen LogP contribution in [0.1, 0.15) is 24.0 Å². The van der Waals surface area contributed by atoms with Crippen LogP contribution in [0.25, 0.3) is 22.4 Å². The smallest absolute Gasteiger partial charge is 0.137 e. The molecule has 0 bridgehead atoms. The summed E-state index contributed by atoms with van der Waals surface area (Å²) >= 11 is 1.58. The largest absolute Gasteiger partial charge is 0.361 e. The Labute approximate surface area is 200 Å². The number of rotatable bonds is 7. The van der Waals surface area contributed by atoms with Crippen LogP contribution in [-0.4, -0.2) is 26.2 Å². The van der Waals surface area contributed by atoms with Crippen LogP contribution >= 0.6 is 11.9 Å². The maximum atomic E-state index is 14.6. The number of anilines is 1. The Kier molecular flexibility index (Phi) is 6.02. The van der Waals surface area contributed by atoms with Gasteiger partial charge < -0.3 is 15.4 Å². The lowest BCUT2D eigenvalue weighted by atomic mass is 9.99. The van der Waals surface area contributed by atoms with Gasteiger partial charge in [-0.25, -0.2) is 13.8 Å². The van der Waals surface area contributed by atoms with Crippen LogP contribution in [0.2, 0.25) is 0 Å². The summed E-state index contributed by atoms with van der Waals surface area (Å²) < 4.78 is 33.0. The van der Waals surface area contributed by atoms with Crippen LogP contribution in [0.15, 0.2) is 66.8 Å². The number of dihydropyridines is 1. The Morgan fingerprint density at radius 3 is 2.74 bits per heavy atom. The molecule has 0 atom stereocenters. The number of aromatic nitrogens is 3. The van der Waals surface area contributed by atoms with Crippen molar-refractivity contribution in [2.75, 3.05) is 4.72 Å². The van der Waals surface area contributed by atoms with Crippen LogP contribution in [-0.2, 0) is 7.05 Å². The zero-order valence-electron chi connectivity index (χ0n) is 18.3. The molecule has 172 valence electrons. The molecule has 0 unspecified atom stereocenters. The van der Waals surface area contributed by atoms with Crippen molar-refractivity contribution in [3.63, 3.8) is 0 Å². The van der Waals surface area contributed by atoms with E-state index >= 15 is 0 Å². The molecule has 6 nitrogen and oxygen atoms in total. The lowest BCUT2D eigenvalue weighted by Crippen LogP contribution is -2.11. The number of hydrogen-bond donors (Lipinski definition) is 3. The lowest BCUT2D eigenvalue weighted by Gasteiger charge is -2.16. The van der Waals surface area contributed by atoms with Gasteiger partial charge in [0.05, 0.1) is 11.9 Å². The average molecular weight is 477 g/mol. The SMILES string of the molecule is Cn1cc(C2=CN/C(=C(\C=N)c3cc(NSC4CC4)nc(-c4ccc(F)cc4F)c3)C=C2)cn1. The lowest BCUT2D eigenvalue weighted by molar-refractivity contribution is 0.585. The molecule has 3 N–H and O–H groups in total. The fraction of sp³-hybridized carbons (Fsp3) is 0.160. The van der Waals surface area contributed by atoms with Gasteiger partial charge in [-0.05, 0) is 60.7 Å². The molecule has 2 aliphatic rings. The van der Waals surface area contributed by atoms with E-state index in [1.54, 1.807) is 28.9 Å². The molecule has 1 aromatic carbocycles. The molecular weight excluding hydrogens is 454 g/mol. The second-order valence-electron chi connectivity index (χ2n) is 8.12. The molecule has 5 rings (SSSR count). The maximum absolute atomic E-state index is 14.6. The predicted molar refractivity (Wildman–Crippen MR) is 133 cm³/mol. The first-order chi connectivity index (χ1) is 16.5. The third kappa shape index (κ3) is 4.79. The van der Waals surface area contributed by atoms with E-state index in [0.717, 1.165) is 35.7 Å². The van der Waals surface area contributed by atoms with Crippen LogP contribution < -0.4 is 10.0 Å². The molecule has 2 aromatic heterocycles. The zero-order valence-corrected chi connectivity index (χ0v) is 19.2. The van der Waals surface area contributed by atoms with Crippen molar-refractivity contribution in [2.45, 2.75) is 18.1 Å². The summed E-state index contributed by atoms with van der Waals surface area (Å²) in [6.07, 6.45) is 13.0. The molecule has 0 radical (unpaired) electrons. The van der Waals surface area contributed by atoms with Crippen molar-refractivity contribution in [3.05, 3.63) is 89.5 Å².